The van der Waals surface area contributed by atoms with Crippen molar-refractivity contribution in [1.29, 1.82) is 5.26 Å². The smallest absolute Gasteiger partial charge is 0.311 e. The molecule has 0 atom stereocenters. The SMILES string of the molecule is CC(C)(C#N)CCCCOc1cc(Cl)ccc1[N+](=O)[O-]. The van der Waals surface area contributed by atoms with Crippen LogP contribution in [-0.4, -0.2) is 11.5 Å². The van der Waals surface area contributed by atoms with Crippen LogP contribution in [0.2, 0.25) is 5.02 Å². The zero-order valence-electron chi connectivity index (χ0n) is 11.6. The molecule has 108 valence electrons. The molecule has 0 saturated heterocycles. The van der Waals surface area contributed by atoms with Crippen molar-refractivity contribution >= 4 is 17.3 Å². The van der Waals surface area contributed by atoms with Crippen molar-refractivity contribution in [1.82, 2.24) is 0 Å². The third-order valence-corrected chi connectivity index (χ3v) is 3.11. The van der Waals surface area contributed by atoms with Crippen LogP contribution in [0.1, 0.15) is 33.1 Å². The Kier molecular flexibility index (Phi) is 5.78. The molecule has 0 aliphatic carbocycles. The predicted molar refractivity (Wildman–Crippen MR) is 76.8 cm³/mol. The van der Waals surface area contributed by atoms with E-state index in [1.165, 1.54) is 18.2 Å². The van der Waals surface area contributed by atoms with Gasteiger partial charge in [-0.25, -0.2) is 0 Å². The molecule has 0 N–H and O–H groups in total. The molecular weight excluding hydrogens is 280 g/mol. The molecule has 0 saturated carbocycles. The van der Waals surface area contributed by atoms with Gasteiger partial charge in [-0.3, -0.25) is 10.1 Å². The van der Waals surface area contributed by atoms with Crippen molar-refractivity contribution in [3.05, 3.63) is 33.3 Å². The molecule has 0 unspecified atom stereocenters. The van der Waals surface area contributed by atoms with E-state index in [0.29, 0.717) is 11.6 Å². The molecule has 0 aliphatic rings. The Balaban J connectivity index is 2.49. The Bertz CT molecular complexity index is 524. The molecule has 0 heterocycles. The number of nitro benzene ring substituents is 1. The summed E-state index contributed by atoms with van der Waals surface area (Å²) in [6.07, 6.45) is 2.33. The number of hydrogen-bond acceptors (Lipinski definition) is 4. The molecule has 1 aromatic rings. The standard InChI is InChI=1S/C14H17ClN2O3/c1-14(2,10-16)7-3-4-8-20-13-9-11(15)5-6-12(13)17(18)19/h5-6,9H,3-4,7-8H2,1-2H3. The van der Waals surface area contributed by atoms with Gasteiger partial charge in [0.2, 0.25) is 0 Å². The first-order valence-electron chi connectivity index (χ1n) is 6.34. The summed E-state index contributed by atoms with van der Waals surface area (Å²) in [4.78, 5) is 10.3. The van der Waals surface area contributed by atoms with E-state index in [1.807, 2.05) is 13.8 Å². The van der Waals surface area contributed by atoms with Crippen LogP contribution in [-0.2, 0) is 0 Å². The van der Waals surface area contributed by atoms with Crippen LogP contribution in [0.4, 0.5) is 5.69 Å². The van der Waals surface area contributed by atoms with Gasteiger partial charge >= 0.3 is 5.69 Å². The zero-order valence-corrected chi connectivity index (χ0v) is 12.3. The molecule has 0 spiro atoms. The van der Waals surface area contributed by atoms with Gasteiger partial charge in [-0.15, -0.1) is 0 Å². The lowest BCUT2D eigenvalue weighted by Gasteiger charge is -2.14. The highest BCUT2D eigenvalue weighted by Gasteiger charge is 2.17. The van der Waals surface area contributed by atoms with Crippen LogP contribution >= 0.6 is 11.6 Å². The molecule has 0 aliphatic heterocycles. The minimum absolute atomic E-state index is 0.0910. The lowest BCUT2D eigenvalue weighted by atomic mass is 9.89. The van der Waals surface area contributed by atoms with Crippen molar-refractivity contribution in [3.63, 3.8) is 0 Å². The molecule has 20 heavy (non-hydrogen) atoms. The normalized spacial score (nSPS) is 10.9. The monoisotopic (exact) mass is 296 g/mol. The molecule has 0 fully saturated rings. The van der Waals surface area contributed by atoms with Gasteiger partial charge in [0.1, 0.15) is 0 Å². The van der Waals surface area contributed by atoms with Gasteiger partial charge in [-0.2, -0.15) is 5.26 Å². The van der Waals surface area contributed by atoms with E-state index in [2.05, 4.69) is 6.07 Å². The number of benzene rings is 1. The molecule has 0 amide bonds. The summed E-state index contributed by atoms with van der Waals surface area (Å²) in [6, 6.07) is 6.47. The highest BCUT2D eigenvalue weighted by Crippen LogP contribution is 2.30. The van der Waals surface area contributed by atoms with Gasteiger partial charge in [0.05, 0.1) is 23.0 Å². The number of hydrogen-bond donors (Lipinski definition) is 0. The number of rotatable bonds is 7. The van der Waals surface area contributed by atoms with Crippen LogP contribution in [0, 0.1) is 26.9 Å². The van der Waals surface area contributed by atoms with E-state index in [9.17, 15) is 10.1 Å². The summed E-state index contributed by atoms with van der Waals surface area (Å²) < 4.78 is 5.42. The third kappa shape index (κ3) is 5.06. The van der Waals surface area contributed by atoms with Crippen LogP contribution in [0.25, 0.3) is 0 Å². The van der Waals surface area contributed by atoms with Crippen molar-refractivity contribution in [2.24, 2.45) is 5.41 Å². The topological polar surface area (TPSA) is 76.2 Å². The number of nitrogens with zero attached hydrogens (tertiary/aromatic N) is 2. The minimum atomic E-state index is -0.496. The van der Waals surface area contributed by atoms with Gasteiger partial charge in [0, 0.05) is 17.2 Å². The number of unbranched alkanes of at least 4 members (excludes halogenated alkanes) is 1. The van der Waals surface area contributed by atoms with E-state index < -0.39 is 4.92 Å². The molecule has 0 bridgehead atoms. The average molecular weight is 297 g/mol. The summed E-state index contributed by atoms with van der Waals surface area (Å²) in [5.74, 6) is 0.182. The molecule has 0 aromatic heterocycles. The second-order valence-corrected chi connectivity index (χ2v) is 5.61. The van der Waals surface area contributed by atoms with Crippen LogP contribution < -0.4 is 4.74 Å². The highest BCUT2D eigenvalue weighted by molar-refractivity contribution is 6.30. The fourth-order valence-corrected chi connectivity index (χ4v) is 1.82. The summed E-state index contributed by atoms with van der Waals surface area (Å²) in [5, 5.41) is 20.1. The second kappa shape index (κ2) is 7.11. The first-order valence-corrected chi connectivity index (χ1v) is 6.71. The Morgan fingerprint density at radius 2 is 2.15 bits per heavy atom. The highest BCUT2D eigenvalue weighted by atomic mass is 35.5. The quantitative estimate of drug-likeness (QED) is 0.426. The van der Waals surface area contributed by atoms with Crippen LogP contribution in [0.5, 0.6) is 5.75 Å². The Morgan fingerprint density at radius 1 is 1.45 bits per heavy atom. The maximum atomic E-state index is 10.8. The lowest BCUT2D eigenvalue weighted by Crippen LogP contribution is -2.08. The largest absolute Gasteiger partial charge is 0.487 e. The number of ether oxygens (including phenoxy) is 1. The fraction of sp³-hybridized carbons (Fsp3) is 0.500. The van der Waals surface area contributed by atoms with Crippen molar-refractivity contribution < 1.29 is 9.66 Å². The van der Waals surface area contributed by atoms with E-state index >= 15 is 0 Å². The van der Waals surface area contributed by atoms with Crippen LogP contribution in [0.15, 0.2) is 18.2 Å². The van der Waals surface area contributed by atoms with E-state index in [-0.39, 0.29) is 16.9 Å². The van der Waals surface area contributed by atoms with Gasteiger partial charge < -0.3 is 4.74 Å². The average Bonchev–Trinajstić information content (AvgIpc) is 2.38. The van der Waals surface area contributed by atoms with Gasteiger partial charge in [-0.05, 0) is 39.2 Å². The summed E-state index contributed by atoms with van der Waals surface area (Å²) in [6.45, 7) is 4.13. The van der Waals surface area contributed by atoms with Crippen LogP contribution in [0.3, 0.4) is 0 Å². The zero-order chi connectivity index (χ0) is 15.2. The van der Waals surface area contributed by atoms with Crippen molar-refractivity contribution in [3.8, 4) is 11.8 Å². The molecule has 5 nitrogen and oxygen atoms in total. The van der Waals surface area contributed by atoms with E-state index in [0.717, 1.165) is 19.3 Å². The van der Waals surface area contributed by atoms with E-state index in [4.69, 9.17) is 21.6 Å². The molecule has 6 heteroatoms. The second-order valence-electron chi connectivity index (χ2n) is 5.17. The van der Waals surface area contributed by atoms with Crippen molar-refractivity contribution in [2.75, 3.05) is 6.61 Å². The summed E-state index contributed by atoms with van der Waals surface area (Å²) in [5.41, 5.74) is -0.436. The Hall–Kier alpha value is -1.80. The minimum Gasteiger partial charge on any atom is -0.487 e. The summed E-state index contributed by atoms with van der Waals surface area (Å²) in [7, 11) is 0. The van der Waals surface area contributed by atoms with E-state index in [1.54, 1.807) is 0 Å². The first-order chi connectivity index (χ1) is 9.35. The Morgan fingerprint density at radius 3 is 2.75 bits per heavy atom. The molecule has 0 radical (unpaired) electrons. The maximum Gasteiger partial charge on any atom is 0.311 e. The maximum absolute atomic E-state index is 10.8. The first kappa shape index (κ1) is 16.3. The number of nitriles is 1. The number of nitro groups is 1. The third-order valence-electron chi connectivity index (χ3n) is 2.87. The number of halogens is 1. The molecule has 1 rings (SSSR count). The van der Waals surface area contributed by atoms with Gasteiger partial charge in [0.25, 0.3) is 0 Å². The predicted octanol–water partition coefficient (Wildman–Crippen LogP) is 4.35. The Labute approximate surface area is 123 Å². The van der Waals surface area contributed by atoms with Gasteiger partial charge in [0.15, 0.2) is 5.75 Å². The summed E-state index contributed by atoms with van der Waals surface area (Å²) >= 11 is 5.80. The molecule has 1 aromatic carbocycles. The van der Waals surface area contributed by atoms with Gasteiger partial charge in [-0.1, -0.05) is 11.6 Å². The fourth-order valence-electron chi connectivity index (χ4n) is 1.66. The lowest BCUT2D eigenvalue weighted by molar-refractivity contribution is -0.385. The van der Waals surface area contributed by atoms with Crippen molar-refractivity contribution in [2.45, 2.75) is 33.1 Å². The molecular formula is C14H17ClN2O3.